The molecule has 22 heavy (non-hydrogen) atoms. The maximum absolute atomic E-state index is 11.5. The molecule has 0 saturated heterocycles. The van der Waals surface area contributed by atoms with Gasteiger partial charge in [0.15, 0.2) is 11.5 Å². The molecule has 2 aliphatic heterocycles. The Morgan fingerprint density at radius 3 is 2.32 bits per heavy atom. The fourth-order valence-corrected chi connectivity index (χ4v) is 3.22. The number of carboxylic acids is 1. The Kier molecular flexibility index (Phi) is 3.67. The van der Waals surface area contributed by atoms with Gasteiger partial charge in [-0.25, -0.2) is 0 Å². The van der Waals surface area contributed by atoms with Crippen LogP contribution in [0.1, 0.15) is 43.4 Å². The monoisotopic (exact) mass is 306 g/mol. The number of benzene rings is 1. The third-order valence-corrected chi connectivity index (χ3v) is 4.52. The minimum Gasteiger partial charge on any atom is -0.504 e. The van der Waals surface area contributed by atoms with E-state index in [1.54, 1.807) is 13.8 Å². The minimum atomic E-state index is -0.892. The molecule has 3 rings (SSSR count). The van der Waals surface area contributed by atoms with Crippen LogP contribution in [0.25, 0.3) is 0 Å². The predicted octanol–water partition coefficient (Wildman–Crippen LogP) is 2.70. The van der Waals surface area contributed by atoms with Gasteiger partial charge in [0, 0.05) is 16.7 Å². The molecule has 0 radical (unpaired) electrons. The molecule has 0 spiro atoms. The highest BCUT2D eigenvalue weighted by atomic mass is 16.5. The minimum absolute atomic E-state index is 0.182. The number of phenols is 1. The first-order valence-corrected chi connectivity index (χ1v) is 7.80. The van der Waals surface area contributed by atoms with Crippen LogP contribution >= 0.6 is 0 Å². The second-order valence-electron chi connectivity index (χ2n) is 6.71. The van der Waals surface area contributed by atoms with E-state index in [0.29, 0.717) is 31.1 Å². The van der Waals surface area contributed by atoms with Gasteiger partial charge in [0.1, 0.15) is 5.75 Å². The van der Waals surface area contributed by atoms with E-state index in [-0.39, 0.29) is 5.75 Å². The average molecular weight is 306 g/mol. The lowest BCUT2D eigenvalue weighted by Crippen LogP contribution is -2.28. The molecule has 0 aliphatic carbocycles. The summed E-state index contributed by atoms with van der Waals surface area (Å²) < 4.78 is 11.5. The van der Waals surface area contributed by atoms with Crippen LogP contribution < -0.4 is 9.47 Å². The third-order valence-electron chi connectivity index (χ3n) is 4.52. The summed E-state index contributed by atoms with van der Waals surface area (Å²) in [4.78, 5) is 11.5. The van der Waals surface area contributed by atoms with Gasteiger partial charge in [-0.2, -0.15) is 0 Å². The van der Waals surface area contributed by atoms with Crippen molar-refractivity contribution in [3.63, 3.8) is 0 Å². The summed E-state index contributed by atoms with van der Waals surface area (Å²) in [6.45, 7) is 4.62. The lowest BCUT2D eigenvalue weighted by molar-refractivity contribution is -0.146. The Morgan fingerprint density at radius 1 is 1.09 bits per heavy atom. The van der Waals surface area contributed by atoms with Crippen LogP contribution in [0.3, 0.4) is 0 Å². The average Bonchev–Trinajstić information content (AvgIpc) is 2.51. The number of ether oxygens (including phenoxy) is 2. The number of fused-ring (bicyclic) bond motifs is 2. The molecule has 0 aromatic heterocycles. The zero-order valence-electron chi connectivity index (χ0n) is 13.1. The zero-order valence-corrected chi connectivity index (χ0v) is 13.1. The number of carboxylic acid groups (broad SMARTS) is 1. The van der Waals surface area contributed by atoms with Gasteiger partial charge in [0.05, 0.1) is 18.6 Å². The molecule has 5 heteroatoms. The number of carbonyl (C=O) groups is 1. The van der Waals surface area contributed by atoms with E-state index in [9.17, 15) is 15.0 Å². The first-order valence-electron chi connectivity index (χ1n) is 7.80. The van der Waals surface area contributed by atoms with Crippen molar-refractivity contribution in [2.45, 2.75) is 46.0 Å². The molecule has 2 N–H and O–H groups in total. The van der Waals surface area contributed by atoms with Gasteiger partial charge in [-0.15, -0.1) is 0 Å². The highest BCUT2D eigenvalue weighted by Crippen LogP contribution is 2.49. The summed E-state index contributed by atoms with van der Waals surface area (Å²) >= 11 is 0. The fraction of sp³-hybridized carbons (Fsp3) is 0.588. The second kappa shape index (κ2) is 5.38. The van der Waals surface area contributed by atoms with Crippen molar-refractivity contribution in [3.05, 3.63) is 16.7 Å². The van der Waals surface area contributed by atoms with Gasteiger partial charge in [0.25, 0.3) is 0 Å². The molecule has 0 unspecified atom stereocenters. The Balaban J connectivity index is 2.17. The molecule has 0 atom stereocenters. The number of aromatic hydroxyl groups is 1. The van der Waals surface area contributed by atoms with Crippen LogP contribution in [0.15, 0.2) is 0 Å². The second-order valence-corrected chi connectivity index (χ2v) is 6.71. The molecule has 1 aromatic carbocycles. The summed E-state index contributed by atoms with van der Waals surface area (Å²) in [7, 11) is 0. The van der Waals surface area contributed by atoms with Gasteiger partial charge in [-0.05, 0) is 46.0 Å². The van der Waals surface area contributed by atoms with Crippen LogP contribution in [-0.4, -0.2) is 29.4 Å². The van der Waals surface area contributed by atoms with Crippen LogP contribution in [0.4, 0.5) is 0 Å². The van der Waals surface area contributed by atoms with Crippen LogP contribution in [0, 0.1) is 5.41 Å². The predicted molar refractivity (Wildman–Crippen MR) is 80.9 cm³/mol. The van der Waals surface area contributed by atoms with Gasteiger partial charge >= 0.3 is 5.97 Å². The van der Waals surface area contributed by atoms with E-state index in [2.05, 4.69) is 0 Å². The molecular weight excluding hydrogens is 284 g/mol. The summed E-state index contributed by atoms with van der Waals surface area (Å²) in [5, 5.41) is 19.9. The molecule has 0 amide bonds. The zero-order chi connectivity index (χ0) is 15.9. The first-order chi connectivity index (χ1) is 10.4. The molecule has 0 bridgehead atoms. The molecular formula is C17H22O5. The molecule has 0 saturated carbocycles. The van der Waals surface area contributed by atoms with E-state index < -0.39 is 11.4 Å². The number of hydrogen-bond acceptors (Lipinski definition) is 4. The van der Waals surface area contributed by atoms with Gasteiger partial charge < -0.3 is 19.7 Å². The molecule has 1 aromatic rings. The number of phenolic OH excluding ortho intramolecular Hbond substituents is 1. The number of hydrogen-bond donors (Lipinski definition) is 2. The largest absolute Gasteiger partial charge is 0.504 e. The number of rotatable bonds is 3. The van der Waals surface area contributed by atoms with Gasteiger partial charge in [-0.1, -0.05) is 0 Å². The topological polar surface area (TPSA) is 76.0 Å². The van der Waals surface area contributed by atoms with E-state index in [0.717, 1.165) is 42.4 Å². The van der Waals surface area contributed by atoms with E-state index in [1.165, 1.54) is 0 Å². The lowest BCUT2D eigenvalue weighted by atomic mass is 9.81. The standard InChI is InChI=1S/C17H22O5/c1-17(2,16(19)20)9-12-10-5-3-8-22-15(10)13(18)11-6-4-7-21-14(11)12/h18H,3-9H2,1-2H3,(H,19,20). The van der Waals surface area contributed by atoms with E-state index in [1.807, 2.05) is 0 Å². The highest BCUT2D eigenvalue weighted by molar-refractivity contribution is 5.75. The summed E-state index contributed by atoms with van der Waals surface area (Å²) in [6.07, 6.45) is 3.60. The van der Waals surface area contributed by atoms with Crippen molar-refractivity contribution in [3.8, 4) is 17.2 Å². The lowest BCUT2D eigenvalue weighted by Gasteiger charge is -2.31. The molecule has 0 fully saturated rings. The molecule has 5 nitrogen and oxygen atoms in total. The van der Waals surface area contributed by atoms with E-state index >= 15 is 0 Å². The van der Waals surface area contributed by atoms with Crippen molar-refractivity contribution < 1.29 is 24.5 Å². The maximum atomic E-state index is 11.5. The molecule has 120 valence electrons. The first kappa shape index (κ1) is 15.0. The van der Waals surface area contributed by atoms with Crippen LogP contribution in [-0.2, 0) is 24.1 Å². The van der Waals surface area contributed by atoms with Gasteiger partial charge in [0.2, 0.25) is 0 Å². The Morgan fingerprint density at radius 2 is 1.68 bits per heavy atom. The molecule has 2 heterocycles. The van der Waals surface area contributed by atoms with Crippen molar-refractivity contribution in [1.29, 1.82) is 0 Å². The van der Waals surface area contributed by atoms with Crippen LogP contribution in [0.5, 0.6) is 17.2 Å². The van der Waals surface area contributed by atoms with Crippen molar-refractivity contribution in [2.75, 3.05) is 13.2 Å². The Labute approximate surface area is 129 Å². The molecule has 2 aliphatic rings. The summed E-state index contributed by atoms with van der Waals surface area (Å²) in [5.74, 6) is 0.561. The maximum Gasteiger partial charge on any atom is 0.309 e. The third kappa shape index (κ3) is 2.38. The van der Waals surface area contributed by atoms with Crippen molar-refractivity contribution >= 4 is 5.97 Å². The normalized spacial score (nSPS) is 17.0. The Hall–Kier alpha value is -1.91. The summed E-state index contributed by atoms with van der Waals surface area (Å²) in [6, 6.07) is 0. The Bertz CT molecular complexity index is 581. The fourth-order valence-electron chi connectivity index (χ4n) is 3.22. The quantitative estimate of drug-likeness (QED) is 0.898. The summed E-state index contributed by atoms with van der Waals surface area (Å²) in [5.41, 5.74) is 1.69. The van der Waals surface area contributed by atoms with Gasteiger partial charge in [-0.3, -0.25) is 4.79 Å². The number of aliphatic carboxylic acids is 1. The van der Waals surface area contributed by atoms with Crippen LogP contribution in [0.2, 0.25) is 0 Å². The highest BCUT2D eigenvalue weighted by Gasteiger charge is 2.35. The van der Waals surface area contributed by atoms with E-state index in [4.69, 9.17) is 9.47 Å². The van der Waals surface area contributed by atoms with Crippen molar-refractivity contribution in [1.82, 2.24) is 0 Å². The SMILES string of the molecule is CC(C)(Cc1c2c(c(O)c3c1OCCC3)OCCC2)C(=O)O. The smallest absolute Gasteiger partial charge is 0.309 e. The van der Waals surface area contributed by atoms with Crippen molar-refractivity contribution in [2.24, 2.45) is 5.41 Å².